The number of amides is 1. The first-order valence-electron chi connectivity index (χ1n) is 10.5. The Hall–Kier alpha value is -3.84. The van der Waals surface area contributed by atoms with Crippen molar-refractivity contribution in [3.63, 3.8) is 0 Å². The number of rotatable bonds is 8. The fraction of sp³-hybridized carbons (Fsp3) is 0.154. The van der Waals surface area contributed by atoms with Crippen molar-refractivity contribution < 1.29 is 14.6 Å². The maximum atomic E-state index is 12.5. The largest absolute Gasteiger partial charge is 0.494 e. The molecule has 7 heteroatoms. The van der Waals surface area contributed by atoms with Gasteiger partial charge in [-0.3, -0.25) is 14.6 Å². The molecule has 0 aliphatic rings. The number of thiazole rings is 1. The molecule has 2 N–H and O–H groups in total. The lowest BCUT2D eigenvalue weighted by atomic mass is 10.0. The van der Waals surface area contributed by atoms with E-state index in [2.05, 4.69) is 11.1 Å². The van der Waals surface area contributed by atoms with Crippen LogP contribution < -0.4 is 9.61 Å². The minimum Gasteiger partial charge on any atom is -0.494 e. The highest BCUT2D eigenvalue weighted by atomic mass is 32.1. The number of likely N-dealkylation sites (N-methyl/N-ethyl adjacent to an activating group) is 1. The van der Waals surface area contributed by atoms with Crippen molar-refractivity contribution in [3.8, 4) is 22.8 Å². The van der Waals surface area contributed by atoms with Crippen LogP contribution in [0.3, 0.4) is 0 Å². The number of aromatic nitrogens is 1. The molecule has 3 aromatic carbocycles. The Morgan fingerprint density at radius 2 is 1.73 bits per heavy atom. The van der Waals surface area contributed by atoms with Crippen molar-refractivity contribution in [2.45, 2.75) is 13.0 Å². The Morgan fingerprint density at radius 1 is 0.970 bits per heavy atom. The summed E-state index contributed by atoms with van der Waals surface area (Å²) in [5, 5.41) is 9.78. The molecule has 0 spiro atoms. The minimum absolute atomic E-state index is 0.00689. The van der Waals surface area contributed by atoms with Crippen molar-refractivity contribution >= 4 is 17.2 Å². The zero-order chi connectivity index (χ0) is 23.2. The van der Waals surface area contributed by atoms with E-state index in [-0.39, 0.29) is 23.3 Å². The number of carbonyl (C=O) groups is 1. The molecule has 0 fully saturated rings. The van der Waals surface area contributed by atoms with Gasteiger partial charge in [-0.05, 0) is 40.5 Å². The van der Waals surface area contributed by atoms with Crippen LogP contribution in [0.1, 0.15) is 16.0 Å². The minimum atomic E-state index is -0.258. The number of carbonyl (C=O) groups excluding carboxylic acids is 1. The predicted octanol–water partition coefficient (Wildman–Crippen LogP) is 4.44. The SMILES string of the molecule is CN(Cc1cccc(-c2ccc(Cc3sc(=O)[nH]c3O)cc2)c1)C(=O)COc1ccccc1. The van der Waals surface area contributed by atoms with Crippen LogP contribution in [0.25, 0.3) is 11.1 Å². The van der Waals surface area contributed by atoms with Crippen molar-refractivity contribution in [2.24, 2.45) is 0 Å². The smallest absolute Gasteiger partial charge is 0.307 e. The molecule has 0 saturated carbocycles. The maximum absolute atomic E-state index is 12.5. The molecular formula is C26H24N2O4S. The number of nitrogens with zero attached hydrogens (tertiary/aromatic N) is 1. The summed E-state index contributed by atoms with van der Waals surface area (Å²) in [6.45, 7) is 0.474. The van der Waals surface area contributed by atoms with E-state index in [1.54, 1.807) is 11.9 Å². The third-order valence-corrected chi connectivity index (χ3v) is 6.10. The lowest BCUT2D eigenvalue weighted by Crippen LogP contribution is -2.30. The summed E-state index contributed by atoms with van der Waals surface area (Å²) in [4.78, 5) is 28.2. The van der Waals surface area contributed by atoms with Gasteiger partial charge >= 0.3 is 4.87 Å². The second kappa shape index (κ2) is 10.2. The molecule has 4 aromatic rings. The first kappa shape index (κ1) is 22.4. The molecule has 6 nitrogen and oxygen atoms in total. The molecule has 0 unspecified atom stereocenters. The van der Waals surface area contributed by atoms with Gasteiger partial charge in [-0.15, -0.1) is 0 Å². The Bertz CT molecular complexity index is 1280. The van der Waals surface area contributed by atoms with Crippen LogP contribution >= 0.6 is 11.3 Å². The topological polar surface area (TPSA) is 82.6 Å². The fourth-order valence-electron chi connectivity index (χ4n) is 3.46. The van der Waals surface area contributed by atoms with Gasteiger partial charge in [0.15, 0.2) is 6.61 Å². The second-order valence-corrected chi connectivity index (χ2v) is 8.78. The van der Waals surface area contributed by atoms with Crippen LogP contribution in [-0.2, 0) is 17.8 Å². The van der Waals surface area contributed by atoms with E-state index in [0.717, 1.165) is 33.6 Å². The Labute approximate surface area is 195 Å². The number of ether oxygens (including phenoxy) is 1. The third kappa shape index (κ3) is 5.90. The number of hydrogen-bond acceptors (Lipinski definition) is 5. The van der Waals surface area contributed by atoms with E-state index in [0.29, 0.717) is 23.6 Å². The Morgan fingerprint density at radius 3 is 2.42 bits per heavy atom. The van der Waals surface area contributed by atoms with Gasteiger partial charge in [0, 0.05) is 20.0 Å². The zero-order valence-corrected chi connectivity index (χ0v) is 19.0. The first-order valence-corrected chi connectivity index (χ1v) is 11.3. The lowest BCUT2D eigenvalue weighted by Gasteiger charge is -2.18. The quantitative estimate of drug-likeness (QED) is 0.407. The van der Waals surface area contributed by atoms with E-state index in [1.165, 1.54) is 0 Å². The molecule has 0 aliphatic heterocycles. The number of nitrogens with one attached hydrogen (secondary N) is 1. The van der Waals surface area contributed by atoms with Gasteiger partial charge in [-0.1, -0.05) is 72.0 Å². The standard InChI is InChI=1S/C26H24N2O4S/c1-28(24(29)17-32-22-8-3-2-4-9-22)16-19-6-5-7-21(14-19)20-12-10-18(11-13-20)15-23-25(30)27-26(31)33-23/h2-14,30H,15-17H2,1H3,(H,27,31). The van der Waals surface area contributed by atoms with Crippen LogP contribution in [0.4, 0.5) is 0 Å². The molecule has 0 atom stereocenters. The summed E-state index contributed by atoms with van der Waals surface area (Å²) in [6.07, 6.45) is 0.494. The van der Waals surface area contributed by atoms with E-state index in [1.807, 2.05) is 72.8 Å². The van der Waals surface area contributed by atoms with Gasteiger partial charge in [-0.25, -0.2) is 0 Å². The van der Waals surface area contributed by atoms with Crippen molar-refractivity contribution in [1.29, 1.82) is 0 Å². The van der Waals surface area contributed by atoms with Crippen LogP contribution in [0.15, 0.2) is 83.7 Å². The van der Waals surface area contributed by atoms with Crippen molar-refractivity contribution in [3.05, 3.63) is 105 Å². The molecule has 0 saturated heterocycles. The van der Waals surface area contributed by atoms with E-state index in [9.17, 15) is 14.7 Å². The molecule has 0 bridgehead atoms. The highest BCUT2D eigenvalue weighted by Crippen LogP contribution is 2.24. The first-order chi connectivity index (χ1) is 16.0. The maximum Gasteiger partial charge on any atom is 0.307 e. The number of aromatic hydroxyl groups is 1. The van der Waals surface area contributed by atoms with Gasteiger partial charge in [0.05, 0.1) is 4.88 Å². The molecular weight excluding hydrogens is 436 g/mol. The molecule has 0 radical (unpaired) electrons. The average Bonchev–Trinajstić information content (AvgIpc) is 3.15. The summed E-state index contributed by atoms with van der Waals surface area (Å²) in [7, 11) is 1.77. The summed E-state index contributed by atoms with van der Waals surface area (Å²) >= 11 is 1.02. The highest BCUT2D eigenvalue weighted by molar-refractivity contribution is 7.09. The van der Waals surface area contributed by atoms with Gasteiger partial charge in [0.2, 0.25) is 5.88 Å². The van der Waals surface area contributed by atoms with Crippen LogP contribution in [-0.4, -0.2) is 34.6 Å². The lowest BCUT2D eigenvalue weighted by molar-refractivity contribution is -0.132. The molecule has 0 aliphatic carbocycles. The van der Waals surface area contributed by atoms with Gasteiger partial charge < -0.3 is 14.7 Å². The zero-order valence-electron chi connectivity index (χ0n) is 18.2. The highest BCUT2D eigenvalue weighted by Gasteiger charge is 2.11. The molecule has 168 valence electrons. The number of H-pyrrole nitrogens is 1. The van der Waals surface area contributed by atoms with Crippen LogP contribution in [0, 0.1) is 0 Å². The summed E-state index contributed by atoms with van der Waals surface area (Å²) < 4.78 is 5.56. The van der Waals surface area contributed by atoms with Gasteiger partial charge in [0.25, 0.3) is 5.91 Å². The number of benzene rings is 3. The van der Waals surface area contributed by atoms with Crippen LogP contribution in [0.5, 0.6) is 11.6 Å². The number of hydrogen-bond donors (Lipinski definition) is 2. The molecule has 1 aromatic heterocycles. The summed E-state index contributed by atoms with van der Waals surface area (Å²) in [6, 6.07) is 25.4. The second-order valence-electron chi connectivity index (χ2n) is 7.71. The fourth-order valence-corrected chi connectivity index (χ4v) is 4.21. The van der Waals surface area contributed by atoms with Gasteiger partial charge in [0.1, 0.15) is 5.75 Å². The monoisotopic (exact) mass is 460 g/mol. The third-order valence-electron chi connectivity index (χ3n) is 5.23. The summed E-state index contributed by atoms with van der Waals surface area (Å²) in [5.41, 5.74) is 4.13. The Kier molecular flexibility index (Phi) is 6.90. The van der Waals surface area contributed by atoms with Gasteiger partial charge in [-0.2, -0.15) is 0 Å². The normalized spacial score (nSPS) is 10.7. The number of para-hydroxylation sites is 1. The molecule has 1 heterocycles. The van der Waals surface area contributed by atoms with Crippen molar-refractivity contribution in [2.75, 3.05) is 13.7 Å². The van der Waals surface area contributed by atoms with Crippen LogP contribution in [0.2, 0.25) is 0 Å². The van der Waals surface area contributed by atoms with E-state index >= 15 is 0 Å². The summed E-state index contributed by atoms with van der Waals surface area (Å²) in [5.74, 6) is 0.518. The predicted molar refractivity (Wildman–Crippen MR) is 130 cm³/mol. The van der Waals surface area contributed by atoms with E-state index in [4.69, 9.17) is 4.74 Å². The molecule has 33 heavy (non-hydrogen) atoms. The Balaban J connectivity index is 1.38. The molecule has 1 amide bonds. The van der Waals surface area contributed by atoms with E-state index < -0.39 is 0 Å². The van der Waals surface area contributed by atoms with Crippen molar-refractivity contribution in [1.82, 2.24) is 9.88 Å². The number of aromatic amines is 1. The average molecular weight is 461 g/mol. The molecule has 4 rings (SSSR count).